The predicted molar refractivity (Wildman–Crippen MR) is 78.8 cm³/mol. The molecule has 1 aromatic heterocycles. The van der Waals surface area contributed by atoms with E-state index in [2.05, 4.69) is 25.8 Å². The standard InChI is InChI=1S/C12H8Cl2N6O/c13-8-2-1-3-9(10(8)14)19-11(21)7(4-15)5-16-12-17-6-18-20-12/h1-3,5-6H,(H,19,21)(H2,16,17,18,20)/b7-5-. The van der Waals surface area contributed by atoms with E-state index < -0.39 is 5.91 Å². The highest BCUT2D eigenvalue weighted by Gasteiger charge is 2.12. The van der Waals surface area contributed by atoms with Gasteiger partial charge in [-0.05, 0) is 12.1 Å². The molecule has 2 rings (SSSR count). The molecule has 0 atom stereocenters. The first-order valence-electron chi connectivity index (χ1n) is 5.59. The molecule has 0 aliphatic carbocycles. The molecular weight excluding hydrogens is 315 g/mol. The zero-order chi connectivity index (χ0) is 15.2. The van der Waals surface area contributed by atoms with Crippen molar-refractivity contribution in [3.05, 3.63) is 46.3 Å². The van der Waals surface area contributed by atoms with E-state index in [0.717, 1.165) is 0 Å². The molecule has 0 bridgehead atoms. The number of hydrogen-bond donors (Lipinski definition) is 3. The van der Waals surface area contributed by atoms with Crippen LogP contribution in [0.1, 0.15) is 0 Å². The van der Waals surface area contributed by atoms with Gasteiger partial charge in [0, 0.05) is 6.20 Å². The molecule has 7 nitrogen and oxygen atoms in total. The Kier molecular flexibility index (Phi) is 4.77. The number of carbonyl (C=O) groups excluding carboxylic acids is 1. The number of halogens is 2. The van der Waals surface area contributed by atoms with E-state index in [1.807, 2.05) is 0 Å². The Morgan fingerprint density at radius 1 is 1.43 bits per heavy atom. The lowest BCUT2D eigenvalue weighted by molar-refractivity contribution is -0.112. The van der Waals surface area contributed by atoms with Gasteiger partial charge in [0.05, 0.1) is 15.7 Å². The fourth-order valence-corrected chi connectivity index (χ4v) is 1.70. The summed E-state index contributed by atoms with van der Waals surface area (Å²) in [5, 5.41) is 20.8. The van der Waals surface area contributed by atoms with Crippen LogP contribution >= 0.6 is 23.2 Å². The van der Waals surface area contributed by atoms with Gasteiger partial charge < -0.3 is 10.6 Å². The molecule has 0 aliphatic rings. The summed E-state index contributed by atoms with van der Waals surface area (Å²) in [6, 6.07) is 6.56. The number of H-pyrrole nitrogens is 1. The Morgan fingerprint density at radius 3 is 2.90 bits per heavy atom. The van der Waals surface area contributed by atoms with E-state index in [-0.39, 0.29) is 10.6 Å². The van der Waals surface area contributed by atoms with E-state index >= 15 is 0 Å². The molecule has 0 saturated carbocycles. The first-order chi connectivity index (χ1) is 10.1. The van der Waals surface area contributed by atoms with Gasteiger partial charge in [-0.2, -0.15) is 15.3 Å². The summed E-state index contributed by atoms with van der Waals surface area (Å²) in [5.74, 6) is -0.329. The van der Waals surface area contributed by atoms with Crippen LogP contribution in [-0.2, 0) is 4.79 Å². The van der Waals surface area contributed by atoms with Crippen molar-refractivity contribution in [1.29, 1.82) is 5.26 Å². The number of amides is 1. The van der Waals surface area contributed by atoms with Crippen molar-refractivity contribution in [2.45, 2.75) is 0 Å². The molecular formula is C12H8Cl2N6O. The number of nitrogens with zero attached hydrogens (tertiary/aromatic N) is 3. The summed E-state index contributed by atoms with van der Waals surface area (Å²) in [6.07, 6.45) is 2.49. The molecule has 1 aromatic carbocycles. The summed E-state index contributed by atoms with van der Waals surface area (Å²) in [4.78, 5) is 15.8. The Bertz CT molecular complexity index is 720. The van der Waals surface area contributed by atoms with Crippen molar-refractivity contribution in [2.75, 3.05) is 10.6 Å². The number of benzene rings is 1. The van der Waals surface area contributed by atoms with Gasteiger partial charge in [0.25, 0.3) is 5.91 Å². The summed E-state index contributed by atoms with van der Waals surface area (Å²) < 4.78 is 0. The van der Waals surface area contributed by atoms with E-state index in [9.17, 15) is 4.79 Å². The predicted octanol–water partition coefficient (Wildman–Crippen LogP) is 2.57. The molecule has 21 heavy (non-hydrogen) atoms. The minimum absolute atomic E-state index is 0.164. The molecule has 3 N–H and O–H groups in total. The second-order valence-corrected chi connectivity index (χ2v) is 4.49. The molecule has 9 heteroatoms. The van der Waals surface area contributed by atoms with Gasteiger partial charge in [-0.25, -0.2) is 5.10 Å². The van der Waals surface area contributed by atoms with Crippen LogP contribution in [0, 0.1) is 11.3 Å². The summed E-state index contributed by atoms with van der Waals surface area (Å²) in [5.41, 5.74) is 0.150. The Balaban J connectivity index is 2.12. The first-order valence-corrected chi connectivity index (χ1v) is 6.35. The maximum Gasteiger partial charge on any atom is 0.267 e. The molecule has 0 saturated heterocycles. The van der Waals surface area contributed by atoms with Crippen LogP contribution in [0.3, 0.4) is 0 Å². The fraction of sp³-hybridized carbons (Fsp3) is 0. The average Bonchev–Trinajstić information content (AvgIpc) is 2.98. The Labute approximate surface area is 129 Å². The van der Waals surface area contributed by atoms with E-state index in [1.165, 1.54) is 12.5 Å². The second kappa shape index (κ2) is 6.74. The van der Waals surface area contributed by atoms with Gasteiger partial charge >= 0.3 is 0 Å². The minimum atomic E-state index is -0.631. The fourth-order valence-electron chi connectivity index (χ4n) is 1.35. The smallest absolute Gasteiger partial charge is 0.267 e. The monoisotopic (exact) mass is 322 g/mol. The van der Waals surface area contributed by atoms with Gasteiger partial charge in [0.2, 0.25) is 5.95 Å². The van der Waals surface area contributed by atoms with Crippen LogP contribution in [0.5, 0.6) is 0 Å². The average molecular weight is 323 g/mol. The molecule has 1 amide bonds. The van der Waals surface area contributed by atoms with Crippen molar-refractivity contribution in [2.24, 2.45) is 0 Å². The largest absolute Gasteiger partial charge is 0.330 e. The number of rotatable bonds is 4. The second-order valence-electron chi connectivity index (χ2n) is 3.70. The number of hydrogen-bond acceptors (Lipinski definition) is 5. The summed E-state index contributed by atoms with van der Waals surface area (Å²) in [7, 11) is 0. The number of aromatic amines is 1. The highest BCUT2D eigenvalue weighted by Crippen LogP contribution is 2.29. The summed E-state index contributed by atoms with van der Waals surface area (Å²) >= 11 is 11.8. The van der Waals surface area contributed by atoms with Gasteiger partial charge in [-0.3, -0.25) is 4.79 Å². The number of carbonyl (C=O) groups is 1. The summed E-state index contributed by atoms with van der Waals surface area (Å²) in [6.45, 7) is 0. The van der Waals surface area contributed by atoms with E-state index in [1.54, 1.807) is 24.3 Å². The van der Waals surface area contributed by atoms with Crippen molar-refractivity contribution < 1.29 is 4.79 Å². The Morgan fingerprint density at radius 2 is 2.24 bits per heavy atom. The molecule has 0 fully saturated rings. The van der Waals surface area contributed by atoms with Crippen molar-refractivity contribution in [1.82, 2.24) is 15.2 Å². The zero-order valence-electron chi connectivity index (χ0n) is 10.4. The maximum absolute atomic E-state index is 12.0. The third-order valence-corrected chi connectivity index (χ3v) is 3.15. The van der Waals surface area contributed by atoms with Crippen molar-refractivity contribution in [3.63, 3.8) is 0 Å². The molecule has 0 unspecified atom stereocenters. The van der Waals surface area contributed by atoms with Crippen LogP contribution in [0.25, 0.3) is 0 Å². The molecule has 0 radical (unpaired) electrons. The van der Waals surface area contributed by atoms with Crippen LogP contribution in [0.4, 0.5) is 11.6 Å². The zero-order valence-corrected chi connectivity index (χ0v) is 11.9. The van der Waals surface area contributed by atoms with Gasteiger partial charge in [0.15, 0.2) is 0 Å². The third-order valence-electron chi connectivity index (χ3n) is 2.33. The van der Waals surface area contributed by atoms with Crippen LogP contribution in [0.15, 0.2) is 36.3 Å². The molecule has 0 spiro atoms. The third kappa shape index (κ3) is 3.72. The van der Waals surface area contributed by atoms with Gasteiger partial charge in [0.1, 0.15) is 18.0 Å². The molecule has 106 valence electrons. The lowest BCUT2D eigenvalue weighted by Crippen LogP contribution is -2.15. The molecule has 1 heterocycles. The lowest BCUT2D eigenvalue weighted by Gasteiger charge is -2.07. The normalized spacial score (nSPS) is 10.8. The van der Waals surface area contributed by atoms with Crippen LogP contribution < -0.4 is 10.6 Å². The first kappa shape index (κ1) is 14.8. The van der Waals surface area contributed by atoms with Crippen LogP contribution in [-0.4, -0.2) is 21.1 Å². The number of anilines is 2. The molecule has 0 aliphatic heterocycles. The SMILES string of the molecule is N#C/C(=C/Nc1ncn[nH]1)C(=O)Nc1cccc(Cl)c1Cl. The highest BCUT2D eigenvalue weighted by atomic mass is 35.5. The van der Waals surface area contributed by atoms with E-state index in [4.69, 9.17) is 28.5 Å². The molecule has 2 aromatic rings. The van der Waals surface area contributed by atoms with Gasteiger partial charge in [-0.15, -0.1) is 0 Å². The maximum atomic E-state index is 12.0. The topological polar surface area (TPSA) is 106 Å². The highest BCUT2D eigenvalue weighted by molar-refractivity contribution is 6.44. The van der Waals surface area contributed by atoms with Gasteiger partial charge in [-0.1, -0.05) is 29.3 Å². The quantitative estimate of drug-likeness (QED) is 0.592. The van der Waals surface area contributed by atoms with Crippen LogP contribution in [0.2, 0.25) is 10.0 Å². The van der Waals surface area contributed by atoms with Crippen molar-refractivity contribution >= 4 is 40.7 Å². The lowest BCUT2D eigenvalue weighted by atomic mass is 10.2. The Hall–Kier alpha value is -2.56. The number of nitriles is 1. The van der Waals surface area contributed by atoms with Crippen molar-refractivity contribution in [3.8, 4) is 6.07 Å². The van der Waals surface area contributed by atoms with E-state index in [0.29, 0.717) is 16.7 Å². The number of aromatic nitrogens is 3. The minimum Gasteiger partial charge on any atom is -0.330 e. The number of nitrogens with one attached hydrogen (secondary N) is 3.